The van der Waals surface area contributed by atoms with Gasteiger partial charge in [-0.15, -0.1) is 0 Å². The minimum atomic E-state index is -0.340. The largest absolute Gasteiger partial charge is 0.349 e. The molecule has 0 bridgehead atoms. The Bertz CT molecular complexity index is 902. The van der Waals surface area contributed by atoms with E-state index in [4.69, 9.17) is 0 Å². The number of rotatable bonds is 4. The van der Waals surface area contributed by atoms with Crippen LogP contribution in [0, 0.1) is 5.82 Å². The van der Waals surface area contributed by atoms with Crippen molar-refractivity contribution in [3.8, 4) is 11.3 Å². The molecule has 4 rings (SSSR count). The number of hydrogen-bond donors (Lipinski definition) is 1. The number of amides is 1. The Labute approximate surface area is 156 Å². The second-order valence-corrected chi connectivity index (χ2v) is 6.79. The highest BCUT2D eigenvalue weighted by Gasteiger charge is 2.24. The molecule has 1 aliphatic carbocycles. The third kappa shape index (κ3) is 4.02. The number of benzene rings is 1. The van der Waals surface area contributed by atoms with Crippen LogP contribution in [-0.4, -0.2) is 31.7 Å². The monoisotopic (exact) mass is 365 g/mol. The van der Waals surface area contributed by atoms with Crippen molar-refractivity contribution in [3.05, 3.63) is 66.6 Å². The van der Waals surface area contributed by atoms with E-state index in [2.05, 4.69) is 20.4 Å². The molecule has 0 aliphatic heterocycles. The molecule has 2 heterocycles. The summed E-state index contributed by atoms with van der Waals surface area (Å²) in [5.41, 5.74) is 2.32. The van der Waals surface area contributed by atoms with E-state index in [1.54, 1.807) is 6.20 Å². The molecule has 27 heavy (non-hydrogen) atoms. The van der Waals surface area contributed by atoms with Gasteiger partial charge in [0, 0.05) is 29.6 Å². The van der Waals surface area contributed by atoms with E-state index in [9.17, 15) is 9.18 Å². The summed E-state index contributed by atoms with van der Waals surface area (Å²) in [6.45, 7) is 0. The van der Waals surface area contributed by atoms with Crippen LogP contribution >= 0.6 is 0 Å². The maximum absolute atomic E-state index is 13.0. The quantitative estimate of drug-likeness (QED) is 0.769. The summed E-state index contributed by atoms with van der Waals surface area (Å²) >= 11 is 0. The molecule has 0 radical (unpaired) electrons. The summed E-state index contributed by atoms with van der Waals surface area (Å²) in [7, 11) is 0. The summed E-state index contributed by atoms with van der Waals surface area (Å²) in [6.07, 6.45) is 10.8. The van der Waals surface area contributed by atoms with Gasteiger partial charge in [0.2, 0.25) is 0 Å². The number of aromatic nitrogens is 4. The van der Waals surface area contributed by atoms with Crippen LogP contribution < -0.4 is 5.32 Å². The van der Waals surface area contributed by atoms with Gasteiger partial charge in [-0.2, -0.15) is 5.10 Å². The van der Waals surface area contributed by atoms with Gasteiger partial charge in [0.25, 0.3) is 5.91 Å². The highest BCUT2D eigenvalue weighted by atomic mass is 19.1. The molecular formula is C20H20FN5O. The molecule has 0 unspecified atom stereocenters. The normalized spacial score (nSPS) is 19.6. The second-order valence-electron chi connectivity index (χ2n) is 6.79. The SMILES string of the molecule is O=C(NC1CCC(n2cc(-c3ccncn3)cn2)CC1)c1ccc(F)cc1. The summed E-state index contributed by atoms with van der Waals surface area (Å²) in [5, 5.41) is 7.54. The van der Waals surface area contributed by atoms with Crippen LogP contribution in [0.1, 0.15) is 42.1 Å². The summed E-state index contributed by atoms with van der Waals surface area (Å²) < 4.78 is 15.0. The van der Waals surface area contributed by atoms with E-state index < -0.39 is 0 Å². The minimum Gasteiger partial charge on any atom is -0.349 e. The zero-order chi connectivity index (χ0) is 18.6. The fourth-order valence-electron chi connectivity index (χ4n) is 3.49. The van der Waals surface area contributed by atoms with Crippen LogP contribution in [0.25, 0.3) is 11.3 Å². The molecule has 1 aliphatic rings. The number of hydrogen-bond acceptors (Lipinski definition) is 4. The number of carbonyl (C=O) groups is 1. The van der Waals surface area contributed by atoms with Crippen molar-refractivity contribution in [1.29, 1.82) is 0 Å². The van der Waals surface area contributed by atoms with E-state index in [0.29, 0.717) is 11.6 Å². The number of nitrogens with zero attached hydrogens (tertiary/aromatic N) is 4. The molecule has 1 amide bonds. The smallest absolute Gasteiger partial charge is 0.251 e. The molecule has 6 nitrogen and oxygen atoms in total. The minimum absolute atomic E-state index is 0.135. The van der Waals surface area contributed by atoms with E-state index in [-0.39, 0.29) is 17.8 Å². The third-order valence-electron chi connectivity index (χ3n) is 4.99. The lowest BCUT2D eigenvalue weighted by atomic mass is 9.91. The number of nitrogens with one attached hydrogen (secondary N) is 1. The van der Waals surface area contributed by atoms with Gasteiger partial charge in [-0.05, 0) is 56.0 Å². The Morgan fingerprint density at radius 2 is 1.89 bits per heavy atom. The first-order valence-electron chi connectivity index (χ1n) is 9.06. The first-order chi connectivity index (χ1) is 13.2. The Kier molecular flexibility index (Phi) is 4.91. The van der Waals surface area contributed by atoms with Gasteiger partial charge in [0.15, 0.2) is 0 Å². The molecule has 138 valence electrons. The Hall–Kier alpha value is -3.09. The highest BCUT2D eigenvalue weighted by molar-refractivity contribution is 5.94. The van der Waals surface area contributed by atoms with Gasteiger partial charge in [0.1, 0.15) is 12.1 Å². The van der Waals surface area contributed by atoms with E-state index in [1.807, 2.05) is 23.1 Å². The standard InChI is InChI=1S/C20H20FN5O/c21-16-3-1-14(2-4-16)20(27)25-17-5-7-18(8-6-17)26-12-15(11-24-26)19-9-10-22-13-23-19/h1-4,9-13,17-18H,5-8H2,(H,25,27). The van der Waals surface area contributed by atoms with Crippen molar-refractivity contribution in [2.45, 2.75) is 37.8 Å². The van der Waals surface area contributed by atoms with Crippen LogP contribution in [0.4, 0.5) is 4.39 Å². The van der Waals surface area contributed by atoms with Gasteiger partial charge >= 0.3 is 0 Å². The van der Waals surface area contributed by atoms with Gasteiger partial charge in [-0.25, -0.2) is 14.4 Å². The summed E-state index contributed by atoms with van der Waals surface area (Å²) in [4.78, 5) is 20.5. The van der Waals surface area contributed by atoms with Crippen molar-refractivity contribution in [3.63, 3.8) is 0 Å². The van der Waals surface area contributed by atoms with Crippen LogP contribution in [0.5, 0.6) is 0 Å². The first kappa shape index (κ1) is 17.3. The van der Waals surface area contributed by atoms with Crippen LogP contribution in [-0.2, 0) is 0 Å². The summed E-state index contributed by atoms with van der Waals surface area (Å²) in [6, 6.07) is 7.94. The Morgan fingerprint density at radius 1 is 1.11 bits per heavy atom. The van der Waals surface area contributed by atoms with E-state index >= 15 is 0 Å². The maximum Gasteiger partial charge on any atom is 0.251 e. The van der Waals surface area contributed by atoms with Gasteiger partial charge < -0.3 is 5.32 Å². The van der Waals surface area contributed by atoms with Crippen molar-refractivity contribution < 1.29 is 9.18 Å². The van der Waals surface area contributed by atoms with Gasteiger partial charge in [-0.3, -0.25) is 9.48 Å². The fourth-order valence-corrected chi connectivity index (χ4v) is 3.49. The molecule has 0 atom stereocenters. The molecule has 1 N–H and O–H groups in total. The third-order valence-corrected chi connectivity index (χ3v) is 4.99. The second kappa shape index (κ2) is 7.65. The Balaban J connectivity index is 1.33. The first-order valence-corrected chi connectivity index (χ1v) is 9.06. The average Bonchev–Trinajstić information content (AvgIpc) is 3.20. The Morgan fingerprint density at radius 3 is 2.59 bits per heavy atom. The topological polar surface area (TPSA) is 72.7 Å². The number of halogens is 1. The average molecular weight is 365 g/mol. The lowest BCUT2D eigenvalue weighted by Crippen LogP contribution is -2.38. The van der Waals surface area contributed by atoms with Crippen LogP contribution in [0.3, 0.4) is 0 Å². The predicted octanol–water partition coefficient (Wildman–Crippen LogP) is 3.39. The molecule has 2 aromatic heterocycles. The van der Waals surface area contributed by atoms with Crippen molar-refractivity contribution in [2.24, 2.45) is 0 Å². The van der Waals surface area contributed by atoms with Crippen LogP contribution in [0.2, 0.25) is 0 Å². The van der Waals surface area contributed by atoms with Crippen molar-refractivity contribution in [2.75, 3.05) is 0 Å². The van der Waals surface area contributed by atoms with E-state index in [1.165, 1.54) is 30.6 Å². The number of carbonyl (C=O) groups excluding carboxylic acids is 1. The molecule has 1 fully saturated rings. The molecule has 0 spiro atoms. The molecule has 0 saturated heterocycles. The molecule has 1 saturated carbocycles. The van der Waals surface area contributed by atoms with Crippen molar-refractivity contribution >= 4 is 5.91 Å². The van der Waals surface area contributed by atoms with Crippen LogP contribution in [0.15, 0.2) is 55.2 Å². The molecular weight excluding hydrogens is 345 g/mol. The van der Waals surface area contributed by atoms with Gasteiger partial charge in [0.05, 0.1) is 17.9 Å². The lowest BCUT2D eigenvalue weighted by Gasteiger charge is -2.29. The maximum atomic E-state index is 13.0. The highest BCUT2D eigenvalue weighted by Crippen LogP contribution is 2.29. The van der Waals surface area contributed by atoms with E-state index in [0.717, 1.165) is 36.9 Å². The molecule has 3 aromatic rings. The molecule has 7 heteroatoms. The van der Waals surface area contributed by atoms with Crippen molar-refractivity contribution in [1.82, 2.24) is 25.1 Å². The lowest BCUT2D eigenvalue weighted by molar-refractivity contribution is 0.0921. The van der Waals surface area contributed by atoms with Gasteiger partial charge in [-0.1, -0.05) is 0 Å². The zero-order valence-electron chi connectivity index (χ0n) is 14.8. The summed E-state index contributed by atoms with van der Waals surface area (Å²) in [5.74, 6) is -0.490. The fraction of sp³-hybridized carbons (Fsp3) is 0.300. The predicted molar refractivity (Wildman–Crippen MR) is 98.4 cm³/mol. The molecule has 1 aromatic carbocycles. The zero-order valence-corrected chi connectivity index (χ0v) is 14.8.